The summed E-state index contributed by atoms with van der Waals surface area (Å²) in [5.74, 6) is 0.289. The van der Waals surface area contributed by atoms with Crippen molar-refractivity contribution in [3.05, 3.63) is 29.3 Å². The first-order valence-corrected chi connectivity index (χ1v) is 5.37. The summed E-state index contributed by atoms with van der Waals surface area (Å²) < 4.78 is 40.3. The zero-order valence-electron chi connectivity index (χ0n) is 8.77. The fourth-order valence-corrected chi connectivity index (χ4v) is 1.59. The lowest BCUT2D eigenvalue weighted by Gasteiger charge is -2.14. The van der Waals surface area contributed by atoms with Gasteiger partial charge in [-0.15, -0.1) is 24.8 Å². The van der Waals surface area contributed by atoms with Gasteiger partial charge in [0.2, 0.25) is 0 Å². The summed E-state index contributed by atoms with van der Waals surface area (Å²) in [6.07, 6.45) is -3.54. The Morgan fingerprint density at radius 3 is 2.56 bits per heavy atom. The molecule has 0 amide bonds. The first kappa shape index (κ1) is 13.2. The minimum Gasteiger partial charge on any atom is -0.405 e. The summed E-state index contributed by atoms with van der Waals surface area (Å²) in [5.41, 5.74) is 1.35. The molecule has 0 atom stereocenters. The highest BCUT2D eigenvalue weighted by molar-refractivity contribution is 6.17. The molecule has 0 aliphatic rings. The Hall–Kier alpha value is -0.900. The highest BCUT2D eigenvalue weighted by Crippen LogP contribution is 2.29. The second kappa shape index (κ2) is 5.43. The van der Waals surface area contributed by atoms with E-state index in [9.17, 15) is 13.2 Å². The minimum atomic E-state index is -4.65. The minimum absolute atomic E-state index is 0.127. The van der Waals surface area contributed by atoms with E-state index in [2.05, 4.69) is 4.74 Å². The predicted molar refractivity (Wildman–Crippen MR) is 56.9 cm³/mol. The summed E-state index contributed by atoms with van der Waals surface area (Å²) in [7, 11) is 0. The molecule has 0 radical (unpaired) electrons. The van der Waals surface area contributed by atoms with Crippen LogP contribution in [0.5, 0.6) is 5.75 Å². The average molecular weight is 253 g/mol. The van der Waals surface area contributed by atoms with Crippen molar-refractivity contribution in [2.45, 2.75) is 26.1 Å². The Morgan fingerprint density at radius 1 is 1.31 bits per heavy atom. The van der Waals surface area contributed by atoms with Crippen LogP contribution >= 0.6 is 11.6 Å². The van der Waals surface area contributed by atoms with E-state index < -0.39 is 6.36 Å². The third kappa shape index (κ3) is 3.93. The maximum atomic E-state index is 12.1. The maximum absolute atomic E-state index is 12.1. The number of hydrogen-bond donors (Lipinski definition) is 0. The topological polar surface area (TPSA) is 9.23 Å². The highest BCUT2D eigenvalue weighted by Gasteiger charge is 2.32. The van der Waals surface area contributed by atoms with Crippen LogP contribution in [0.4, 0.5) is 13.2 Å². The van der Waals surface area contributed by atoms with Crippen LogP contribution in [0.25, 0.3) is 0 Å². The van der Waals surface area contributed by atoms with E-state index in [4.69, 9.17) is 11.6 Å². The molecule has 1 aromatic carbocycles. The van der Waals surface area contributed by atoms with Crippen molar-refractivity contribution in [1.29, 1.82) is 0 Å². The van der Waals surface area contributed by atoms with Crippen LogP contribution in [-0.4, -0.2) is 12.2 Å². The maximum Gasteiger partial charge on any atom is 0.573 e. The van der Waals surface area contributed by atoms with Crippen LogP contribution in [0.1, 0.15) is 17.5 Å². The molecule has 0 aromatic heterocycles. The van der Waals surface area contributed by atoms with Crippen LogP contribution in [0.2, 0.25) is 0 Å². The lowest BCUT2D eigenvalue weighted by Crippen LogP contribution is -2.18. The molecule has 0 bridgehead atoms. The lowest BCUT2D eigenvalue weighted by atomic mass is 10.0. The van der Waals surface area contributed by atoms with Gasteiger partial charge in [-0.05, 0) is 37.0 Å². The molecular formula is C11H12ClF3O. The van der Waals surface area contributed by atoms with Crippen molar-refractivity contribution < 1.29 is 17.9 Å². The van der Waals surface area contributed by atoms with Gasteiger partial charge >= 0.3 is 6.36 Å². The zero-order chi connectivity index (χ0) is 12.2. The number of hydrogen-bond acceptors (Lipinski definition) is 1. The molecule has 90 valence electrons. The summed E-state index contributed by atoms with van der Waals surface area (Å²) in [4.78, 5) is 0. The highest BCUT2D eigenvalue weighted by atomic mass is 35.5. The van der Waals surface area contributed by atoms with Gasteiger partial charge in [0, 0.05) is 5.88 Å². The molecule has 5 heteroatoms. The number of aryl methyl sites for hydroxylation is 1. The van der Waals surface area contributed by atoms with E-state index in [1.165, 1.54) is 6.07 Å². The van der Waals surface area contributed by atoms with Crippen molar-refractivity contribution in [2.24, 2.45) is 0 Å². The molecule has 1 aromatic rings. The number of halogens is 4. The molecule has 0 spiro atoms. The molecule has 1 nitrogen and oxygen atoms in total. The predicted octanol–water partition coefficient (Wildman–Crippen LogP) is 4.07. The molecule has 0 saturated heterocycles. The van der Waals surface area contributed by atoms with Crippen LogP contribution in [0, 0.1) is 6.92 Å². The third-order valence-corrected chi connectivity index (χ3v) is 2.42. The van der Waals surface area contributed by atoms with E-state index in [0.29, 0.717) is 24.3 Å². The van der Waals surface area contributed by atoms with E-state index in [1.807, 2.05) is 0 Å². The zero-order valence-corrected chi connectivity index (χ0v) is 9.53. The van der Waals surface area contributed by atoms with Crippen LogP contribution in [0.15, 0.2) is 18.2 Å². The molecule has 0 aliphatic carbocycles. The van der Waals surface area contributed by atoms with Crippen molar-refractivity contribution in [2.75, 3.05) is 5.88 Å². The van der Waals surface area contributed by atoms with Crippen molar-refractivity contribution in [1.82, 2.24) is 0 Å². The van der Waals surface area contributed by atoms with Gasteiger partial charge in [0.15, 0.2) is 0 Å². The Bertz CT molecular complexity index is 350. The molecule has 16 heavy (non-hydrogen) atoms. The van der Waals surface area contributed by atoms with Gasteiger partial charge in [0.05, 0.1) is 0 Å². The number of ether oxygens (including phenoxy) is 1. The number of rotatable bonds is 4. The fraction of sp³-hybridized carbons (Fsp3) is 0.455. The number of benzene rings is 1. The molecule has 0 fully saturated rings. The smallest absolute Gasteiger partial charge is 0.405 e. The first-order chi connectivity index (χ1) is 7.44. The molecule has 0 heterocycles. The van der Waals surface area contributed by atoms with Gasteiger partial charge in [-0.25, -0.2) is 0 Å². The molecule has 1 rings (SSSR count). The van der Waals surface area contributed by atoms with Gasteiger partial charge in [-0.3, -0.25) is 0 Å². The Morgan fingerprint density at radius 2 is 2.00 bits per heavy atom. The van der Waals surface area contributed by atoms with E-state index >= 15 is 0 Å². The standard InChI is InChI=1S/C11H12ClF3O/c1-8-4-2-6-10(16-11(13,14)15)9(8)5-3-7-12/h2,4,6H,3,5,7H2,1H3. The largest absolute Gasteiger partial charge is 0.573 e. The van der Waals surface area contributed by atoms with Crippen molar-refractivity contribution in [3.63, 3.8) is 0 Å². The Balaban J connectivity index is 2.93. The van der Waals surface area contributed by atoms with Gasteiger partial charge in [0.25, 0.3) is 0 Å². The average Bonchev–Trinajstić information content (AvgIpc) is 2.14. The third-order valence-electron chi connectivity index (χ3n) is 2.15. The van der Waals surface area contributed by atoms with Gasteiger partial charge in [-0.1, -0.05) is 12.1 Å². The first-order valence-electron chi connectivity index (χ1n) is 4.84. The van der Waals surface area contributed by atoms with Gasteiger partial charge < -0.3 is 4.74 Å². The SMILES string of the molecule is Cc1cccc(OC(F)(F)F)c1CCCCl. The Labute approximate surface area is 97.2 Å². The summed E-state index contributed by atoms with van der Waals surface area (Å²) >= 11 is 5.53. The van der Waals surface area contributed by atoms with Gasteiger partial charge in [-0.2, -0.15) is 0 Å². The molecule has 0 saturated carbocycles. The van der Waals surface area contributed by atoms with Crippen molar-refractivity contribution >= 4 is 11.6 Å². The lowest BCUT2D eigenvalue weighted by molar-refractivity contribution is -0.274. The molecular weight excluding hydrogens is 241 g/mol. The van der Waals surface area contributed by atoms with E-state index in [0.717, 1.165) is 5.56 Å². The monoisotopic (exact) mass is 252 g/mol. The quantitative estimate of drug-likeness (QED) is 0.734. The van der Waals surface area contributed by atoms with E-state index in [-0.39, 0.29) is 5.75 Å². The number of alkyl halides is 4. The van der Waals surface area contributed by atoms with Crippen LogP contribution in [0.3, 0.4) is 0 Å². The summed E-state index contributed by atoms with van der Waals surface area (Å²) in [5, 5.41) is 0. The second-order valence-electron chi connectivity index (χ2n) is 3.39. The molecule has 0 N–H and O–H groups in total. The van der Waals surface area contributed by atoms with Crippen molar-refractivity contribution in [3.8, 4) is 5.75 Å². The fourth-order valence-electron chi connectivity index (χ4n) is 1.46. The van der Waals surface area contributed by atoms with Crippen LogP contribution in [-0.2, 0) is 6.42 Å². The normalized spacial score (nSPS) is 11.6. The summed E-state index contributed by atoms with van der Waals surface area (Å²) in [6.45, 7) is 1.76. The molecule has 0 aliphatic heterocycles. The van der Waals surface area contributed by atoms with E-state index in [1.54, 1.807) is 19.1 Å². The Kier molecular flexibility index (Phi) is 4.47. The van der Waals surface area contributed by atoms with Gasteiger partial charge in [0.1, 0.15) is 5.75 Å². The second-order valence-corrected chi connectivity index (χ2v) is 3.77. The summed E-state index contributed by atoms with van der Waals surface area (Å²) in [6, 6.07) is 4.62. The van der Waals surface area contributed by atoms with Crippen LogP contribution < -0.4 is 4.74 Å². The molecule has 0 unspecified atom stereocenters.